The molecule has 0 bridgehead atoms. The van der Waals surface area contributed by atoms with E-state index in [1.807, 2.05) is 13.8 Å². The maximum Gasteiger partial charge on any atom is 0.326 e. The Morgan fingerprint density at radius 1 is 1.25 bits per heavy atom. The summed E-state index contributed by atoms with van der Waals surface area (Å²) in [5, 5.41) is -0.517. The largest absolute Gasteiger partial charge is 0.493 e. The van der Waals surface area contributed by atoms with Crippen molar-refractivity contribution in [1.82, 2.24) is 4.90 Å². The van der Waals surface area contributed by atoms with Crippen LogP contribution in [0, 0.1) is 0 Å². The van der Waals surface area contributed by atoms with Gasteiger partial charge in [0.05, 0.1) is 18.1 Å². The predicted molar refractivity (Wildman–Crippen MR) is 107 cm³/mol. The van der Waals surface area contributed by atoms with E-state index in [-0.39, 0.29) is 11.0 Å². The summed E-state index contributed by atoms with van der Waals surface area (Å²) in [6.07, 6.45) is 1.46. The summed E-state index contributed by atoms with van der Waals surface area (Å²) in [7, 11) is 1.53. The highest BCUT2D eigenvalue weighted by molar-refractivity contribution is 8.18. The number of carbonyl (C=O) groups excluding carboxylic acids is 3. The number of rotatable bonds is 6. The van der Waals surface area contributed by atoms with Crippen molar-refractivity contribution >= 4 is 35.0 Å². The van der Waals surface area contributed by atoms with Crippen molar-refractivity contribution in [2.75, 3.05) is 13.7 Å². The van der Waals surface area contributed by atoms with E-state index < -0.39 is 29.3 Å². The van der Waals surface area contributed by atoms with Gasteiger partial charge in [0.15, 0.2) is 11.5 Å². The molecule has 0 atom stereocenters. The Morgan fingerprint density at radius 2 is 1.93 bits per heavy atom. The number of amides is 2. The maximum absolute atomic E-state index is 12.6. The molecule has 2 rings (SSSR count). The molecule has 1 saturated heterocycles. The summed E-state index contributed by atoms with van der Waals surface area (Å²) < 4.78 is 16.4. The molecule has 0 saturated carbocycles. The highest BCUT2D eigenvalue weighted by Crippen LogP contribution is 2.37. The van der Waals surface area contributed by atoms with Crippen molar-refractivity contribution in [3.63, 3.8) is 0 Å². The number of hydrogen-bond donors (Lipinski definition) is 0. The van der Waals surface area contributed by atoms with Crippen molar-refractivity contribution in [3.8, 4) is 11.5 Å². The molecule has 152 valence electrons. The molecule has 0 aliphatic carbocycles. The SMILES string of the molecule is COc1cccc(/C=C2\SC(=O)N(CC(=O)OC(C)(C)C)C2=O)c1OC(C)C. The lowest BCUT2D eigenvalue weighted by molar-refractivity contribution is -0.156. The molecule has 0 unspecified atom stereocenters. The first-order chi connectivity index (χ1) is 13.0. The lowest BCUT2D eigenvalue weighted by Crippen LogP contribution is -2.37. The molecule has 1 aromatic rings. The summed E-state index contributed by atoms with van der Waals surface area (Å²) >= 11 is 0.772. The predicted octanol–water partition coefficient (Wildman–Crippen LogP) is 3.86. The van der Waals surface area contributed by atoms with E-state index in [2.05, 4.69) is 0 Å². The first-order valence-corrected chi connectivity index (χ1v) is 9.64. The quantitative estimate of drug-likeness (QED) is 0.523. The normalized spacial score (nSPS) is 16.1. The highest BCUT2D eigenvalue weighted by atomic mass is 32.2. The van der Waals surface area contributed by atoms with E-state index in [1.165, 1.54) is 7.11 Å². The van der Waals surface area contributed by atoms with Crippen molar-refractivity contribution in [1.29, 1.82) is 0 Å². The fourth-order valence-corrected chi connectivity index (χ4v) is 3.28. The molecule has 28 heavy (non-hydrogen) atoms. The molecular formula is C20H25NO6S. The molecule has 1 fully saturated rings. The van der Waals surface area contributed by atoms with Gasteiger partial charge in [-0.15, -0.1) is 0 Å². The third-order valence-corrected chi connectivity index (χ3v) is 4.36. The van der Waals surface area contributed by atoms with Crippen LogP contribution < -0.4 is 9.47 Å². The number of hydrogen-bond acceptors (Lipinski definition) is 7. The van der Waals surface area contributed by atoms with E-state index in [0.29, 0.717) is 17.1 Å². The molecule has 0 radical (unpaired) electrons. The van der Waals surface area contributed by atoms with Gasteiger partial charge in [-0.1, -0.05) is 12.1 Å². The molecular weight excluding hydrogens is 382 g/mol. The highest BCUT2D eigenvalue weighted by Gasteiger charge is 2.37. The average molecular weight is 407 g/mol. The summed E-state index contributed by atoms with van der Waals surface area (Å²) in [6, 6.07) is 5.29. The summed E-state index contributed by atoms with van der Waals surface area (Å²) in [5.74, 6) is -0.171. The van der Waals surface area contributed by atoms with Crippen LogP contribution in [0.5, 0.6) is 11.5 Å². The van der Waals surface area contributed by atoms with Crippen LogP contribution in [-0.2, 0) is 14.3 Å². The van der Waals surface area contributed by atoms with Gasteiger partial charge in [-0.3, -0.25) is 19.3 Å². The van der Waals surface area contributed by atoms with Gasteiger partial charge < -0.3 is 14.2 Å². The second kappa shape index (κ2) is 8.68. The van der Waals surface area contributed by atoms with E-state index in [0.717, 1.165) is 16.7 Å². The lowest BCUT2D eigenvalue weighted by Gasteiger charge is -2.21. The van der Waals surface area contributed by atoms with Crippen molar-refractivity contribution in [2.24, 2.45) is 0 Å². The third kappa shape index (κ3) is 5.51. The lowest BCUT2D eigenvalue weighted by atomic mass is 10.1. The Balaban J connectivity index is 2.28. The fourth-order valence-electron chi connectivity index (χ4n) is 2.45. The van der Waals surface area contributed by atoms with E-state index in [9.17, 15) is 14.4 Å². The van der Waals surface area contributed by atoms with Crippen LogP contribution in [-0.4, -0.2) is 47.4 Å². The molecule has 2 amide bonds. The van der Waals surface area contributed by atoms with Gasteiger partial charge in [-0.25, -0.2) is 0 Å². The summed E-state index contributed by atoms with van der Waals surface area (Å²) in [6.45, 7) is 8.50. The van der Waals surface area contributed by atoms with Crippen LogP contribution in [0.4, 0.5) is 4.79 Å². The second-order valence-corrected chi connectivity index (χ2v) is 8.39. The maximum atomic E-state index is 12.6. The first-order valence-electron chi connectivity index (χ1n) is 8.82. The summed E-state index contributed by atoms with van der Waals surface area (Å²) in [4.78, 5) is 38.0. The second-order valence-electron chi connectivity index (χ2n) is 7.40. The molecule has 0 N–H and O–H groups in total. The minimum Gasteiger partial charge on any atom is -0.493 e. The van der Waals surface area contributed by atoms with Crippen LogP contribution in [0.1, 0.15) is 40.2 Å². The Hall–Kier alpha value is -2.48. The molecule has 0 spiro atoms. The van der Waals surface area contributed by atoms with Gasteiger partial charge in [0.25, 0.3) is 11.1 Å². The van der Waals surface area contributed by atoms with Crippen LogP contribution in [0.25, 0.3) is 6.08 Å². The van der Waals surface area contributed by atoms with Crippen LogP contribution in [0.3, 0.4) is 0 Å². The van der Waals surface area contributed by atoms with Crippen LogP contribution >= 0.6 is 11.8 Å². The summed E-state index contributed by atoms with van der Waals surface area (Å²) in [5.41, 5.74) is -0.0888. The standard InChI is InChI=1S/C20H25NO6S/c1-12(2)26-17-13(8-7-9-14(17)25-6)10-15-18(23)21(19(24)28-15)11-16(22)27-20(3,4)5/h7-10,12H,11H2,1-6H3/b15-10-. The van der Waals surface area contributed by atoms with E-state index >= 15 is 0 Å². The minimum atomic E-state index is -0.696. The molecule has 1 aromatic carbocycles. The van der Waals surface area contributed by atoms with Gasteiger partial charge in [0, 0.05) is 5.56 Å². The zero-order chi connectivity index (χ0) is 21.1. The Labute approximate surface area is 169 Å². The zero-order valence-electron chi connectivity index (χ0n) is 16.9. The number of ether oxygens (including phenoxy) is 3. The van der Waals surface area contributed by atoms with Gasteiger partial charge in [-0.05, 0) is 58.5 Å². The molecule has 7 nitrogen and oxygen atoms in total. The Bertz CT molecular complexity index is 809. The van der Waals surface area contributed by atoms with Crippen molar-refractivity contribution in [3.05, 3.63) is 28.7 Å². The topological polar surface area (TPSA) is 82.1 Å². The number of carbonyl (C=O) groups is 3. The minimum absolute atomic E-state index is 0.106. The van der Waals surface area contributed by atoms with Crippen LogP contribution in [0.15, 0.2) is 23.1 Å². The fraction of sp³-hybridized carbons (Fsp3) is 0.450. The number of para-hydroxylation sites is 1. The number of methoxy groups -OCH3 is 1. The van der Waals surface area contributed by atoms with E-state index in [1.54, 1.807) is 45.0 Å². The number of thioether (sulfide) groups is 1. The molecule has 1 heterocycles. The van der Waals surface area contributed by atoms with Gasteiger partial charge in [0.1, 0.15) is 12.1 Å². The van der Waals surface area contributed by atoms with Crippen molar-refractivity contribution in [2.45, 2.75) is 46.3 Å². The first kappa shape index (κ1) is 21.8. The third-order valence-electron chi connectivity index (χ3n) is 3.45. The number of nitrogens with zero attached hydrogens (tertiary/aromatic N) is 1. The molecule has 0 aromatic heterocycles. The van der Waals surface area contributed by atoms with Gasteiger partial charge >= 0.3 is 5.97 Å². The number of imide groups is 1. The molecule has 8 heteroatoms. The Morgan fingerprint density at radius 3 is 2.50 bits per heavy atom. The number of esters is 1. The average Bonchev–Trinajstić information content (AvgIpc) is 2.81. The Kier molecular flexibility index (Phi) is 6.77. The van der Waals surface area contributed by atoms with Crippen LogP contribution in [0.2, 0.25) is 0 Å². The van der Waals surface area contributed by atoms with Gasteiger partial charge in [0.2, 0.25) is 0 Å². The smallest absolute Gasteiger partial charge is 0.326 e. The molecule has 1 aliphatic heterocycles. The molecule has 1 aliphatic rings. The van der Waals surface area contributed by atoms with Gasteiger partial charge in [-0.2, -0.15) is 0 Å². The van der Waals surface area contributed by atoms with Crippen molar-refractivity contribution < 1.29 is 28.6 Å². The number of benzene rings is 1. The monoisotopic (exact) mass is 407 g/mol. The van der Waals surface area contributed by atoms with E-state index in [4.69, 9.17) is 14.2 Å². The zero-order valence-corrected chi connectivity index (χ0v) is 17.7.